The molecule has 0 unspecified atom stereocenters. The number of H-pyrrole nitrogens is 1. The summed E-state index contributed by atoms with van der Waals surface area (Å²) < 4.78 is 5.40. The molecule has 4 aromatic carbocycles. The van der Waals surface area contributed by atoms with E-state index in [0.29, 0.717) is 29.9 Å². The fraction of sp³-hybridized carbons (Fsp3) is 0.286. The maximum atomic E-state index is 13.8. The van der Waals surface area contributed by atoms with Gasteiger partial charge in [0.05, 0.1) is 0 Å². The minimum Gasteiger partial charge on any atom is -0.444 e. The highest BCUT2D eigenvalue weighted by atomic mass is 16.6. The molecule has 0 bridgehead atoms. The third kappa shape index (κ3) is 8.93. The van der Waals surface area contributed by atoms with Crippen LogP contribution >= 0.6 is 0 Å². The summed E-state index contributed by atoms with van der Waals surface area (Å²) in [5.41, 5.74) is 4.65. The molecular formula is C42H46N6O5. The van der Waals surface area contributed by atoms with Gasteiger partial charge in [0.25, 0.3) is 5.91 Å². The van der Waals surface area contributed by atoms with Gasteiger partial charge in [-0.2, -0.15) is 0 Å². The fourth-order valence-electron chi connectivity index (χ4n) is 6.67. The van der Waals surface area contributed by atoms with Gasteiger partial charge in [0.2, 0.25) is 11.8 Å². The van der Waals surface area contributed by atoms with Crippen molar-refractivity contribution in [3.8, 4) is 11.3 Å². The lowest BCUT2D eigenvalue weighted by Crippen LogP contribution is -2.47. The summed E-state index contributed by atoms with van der Waals surface area (Å²) in [7, 11) is 3.76. The number of aromatic amines is 1. The quantitative estimate of drug-likeness (QED) is 0.120. The Hall–Kier alpha value is -5.94. The average Bonchev–Trinajstić information content (AvgIpc) is 3.79. The number of rotatable bonds is 10. The second-order valence-electron chi connectivity index (χ2n) is 14.5. The lowest BCUT2D eigenvalue weighted by atomic mass is 10.0. The largest absolute Gasteiger partial charge is 0.444 e. The van der Waals surface area contributed by atoms with Crippen molar-refractivity contribution in [3.63, 3.8) is 0 Å². The smallest absolute Gasteiger partial charge is 0.408 e. The zero-order valence-electron chi connectivity index (χ0n) is 30.7. The molecule has 11 nitrogen and oxygen atoms in total. The number of ether oxygens (including phenoxy) is 1. The summed E-state index contributed by atoms with van der Waals surface area (Å²) in [6.45, 7) is 5.82. The van der Waals surface area contributed by atoms with Crippen LogP contribution in [0.2, 0.25) is 0 Å². The van der Waals surface area contributed by atoms with Crippen molar-refractivity contribution < 1.29 is 23.9 Å². The summed E-state index contributed by atoms with van der Waals surface area (Å²) in [5.74, 6) is -0.692. The van der Waals surface area contributed by atoms with Crippen LogP contribution in [0.5, 0.6) is 0 Å². The summed E-state index contributed by atoms with van der Waals surface area (Å²) in [6.07, 6.45) is 0.677. The number of nitrogens with one attached hydrogen (secondary N) is 4. The van der Waals surface area contributed by atoms with E-state index in [1.165, 1.54) is 0 Å². The van der Waals surface area contributed by atoms with Gasteiger partial charge in [-0.3, -0.25) is 19.3 Å². The first-order valence-electron chi connectivity index (χ1n) is 17.8. The van der Waals surface area contributed by atoms with E-state index in [-0.39, 0.29) is 11.8 Å². The van der Waals surface area contributed by atoms with Crippen molar-refractivity contribution in [1.29, 1.82) is 0 Å². The number of likely N-dealkylation sites (N-methyl/N-ethyl adjacent to an activating group) is 1. The zero-order chi connectivity index (χ0) is 37.7. The van der Waals surface area contributed by atoms with Crippen LogP contribution in [-0.2, 0) is 19.1 Å². The zero-order valence-corrected chi connectivity index (χ0v) is 30.7. The molecule has 11 heteroatoms. The molecule has 4 amide bonds. The monoisotopic (exact) mass is 714 g/mol. The van der Waals surface area contributed by atoms with Crippen LogP contribution in [0.1, 0.15) is 56.8 Å². The second kappa shape index (κ2) is 15.7. The Bertz CT molecular complexity index is 2070. The van der Waals surface area contributed by atoms with Crippen molar-refractivity contribution in [2.75, 3.05) is 31.3 Å². The Morgan fingerprint density at radius 3 is 2.09 bits per heavy atom. The van der Waals surface area contributed by atoms with Gasteiger partial charge in [0.15, 0.2) is 0 Å². The number of fused-ring (bicyclic) bond motifs is 1. The molecule has 0 saturated carbocycles. The van der Waals surface area contributed by atoms with Crippen molar-refractivity contribution in [2.24, 2.45) is 0 Å². The number of likely N-dealkylation sites (tertiary alicyclic amines) is 1. The Kier molecular flexibility index (Phi) is 10.9. The highest BCUT2D eigenvalue weighted by Crippen LogP contribution is 2.30. The van der Waals surface area contributed by atoms with Gasteiger partial charge >= 0.3 is 6.09 Å². The van der Waals surface area contributed by atoms with Crippen LogP contribution in [0.3, 0.4) is 0 Å². The number of carbonyl (C=O) groups excluding carboxylic acids is 4. The predicted molar refractivity (Wildman–Crippen MR) is 207 cm³/mol. The molecule has 4 N–H and O–H groups in total. The van der Waals surface area contributed by atoms with E-state index in [1.54, 1.807) is 62.1 Å². The van der Waals surface area contributed by atoms with Crippen LogP contribution in [0.4, 0.5) is 16.2 Å². The predicted octanol–water partition coefficient (Wildman–Crippen LogP) is 7.27. The number of amides is 4. The molecule has 2 heterocycles. The molecule has 6 rings (SSSR count). The van der Waals surface area contributed by atoms with Crippen molar-refractivity contribution in [1.82, 2.24) is 20.1 Å². The van der Waals surface area contributed by atoms with Crippen LogP contribution in [0, 0.1) is 0 Å². The first-order chi connectivity index (χ1) is 25.4. The van der Waals surface area contributed by atoms with Crippen molar-refractivity contribution in [2.45, 2.75) is 57.3 Å². The molecular weight excluding hydrogens is 668 g/mol. The normalized spacial score (nSPS) is 15.5. The maximum absolute atomic E-state index is 13.8. The topological polar surface area (TPSA) is 136 Å². The van der Waals surface area contributed by atoms with E-state index in [4.69, 9.17) is 4.74 Å². The fourth-order valence-corrected chi connectivity index (χ4v) is 6.67. The van der Waals surface area contributed by atoms with Gasteiger partial charge in [0.1, 0.15) is 23.7 Å². The van der Waals surface area contributed by atoms with Gasteiger partial charge < -0.3 is 30.6 Å². The summed E-state index contributed by atoms with van der Waals surface area (Å²) in [6, 6.07) is 31.7. The molecule has 53 heavy (non-hydrogen) atoms. The van der Waals surface area contributed by atoms with Gasteiger partial charge in [0, 0.05) is 34.5 Å². The molecule has 0 radical (unpaired) electrons. The van der Waals surface area contributed by atoms with Gasteiger partial charge in [-0.1, -0.05) is 72.8 Å². The molecule has 1 aliphatic heterocycles. The van der Waals surface area contributed by atoms with Crippen LogP contribution < -0.4 is 16.0 Å². The van der Waals surface area contributed by atoms with Gasteiger partial charge in [-0.05, 0) is 101 Å². The lowest BCUT2D eigenvalue weighted by Gasteiger charge is -2.31. The van der Waals surface area contributed by atoms with E-state index in [9.17, 15) is 19.2 Å². The molecule has 1 fully saturated rings. The number of nitrogens with zero attached hydrogens (tertiary/aromatic N) is 2. The molecule has 5 aromatic rings. The number of hydrogen-bond acceptors (Lipinski definition) is 6. The highest BCUT2D eigenvalue weighted by Gasteiger charge is 2.38. The summed E-state index contributed by atoms with van der Waals surface area (Å²) in [4.78, 5) is 60.4. The van der Waals surface area contributed by atoms with E-state index in [2.05, 4.69) is 20.9 Å². The standard InChI is InChI=1S/C42H46N6O5/c1-42(2,3)53-41(52)46-36(28-13-8-6-9-14-28)39(50)43-31-20-18-27(19-21-31)34-26-30-25-32(22-23-33(30)45-34)44-38(49)35-17-12-24-48(35)40(51)37(47(4)5)29-15-10-7-11-16-29/h6-11,13-16,18-23,25-26,35-37,45H,12,17,24H2,1-5H3,(H,43,50)(H,44,49)(H,46,52)/t35-,36-,37+/m0/s1. The van der Waals surface area contributed by atoms with Gasteiger partial charge in [-0.15, -0.1) is 0 Å². The highest BCUT2D eigenvalue weighted by molar-refractivity contribution is 6.00. The second-order valence-corrected chi connectivity index (χ2v) is 14.5. The summed E-state index contributed by atoms with van der Waals surface area (Å²) >= 11 is 0. The first-order valence-corrected chi connectivity index (χ1v) is 17.8. The molecule has 1 aliphatic rings. The molecule has 0 spiro atoms. The molecule has 1 saturated heterocycles. The number of anilines is 2. The minimum atomic E-state index is -0.962. The van der Waals surface area contributed by atoms with Crippen LogP contribution in [0.25, 0.3) is 22.2 Å². The Morgan fingerprint density at radius 1 is 0.811 bits per heavy atom. The molecule has 1 aromatic heterocycles. The van der Waals surface area contributed by atoms with E-state index >= 15 is 0 Å². The lowest BCUT2D eigenvalue weighted by molar-refractivity contribution is -0.140. The van der Waals surface area contributed by atoms with Gasteiger partial charge in [-0.25, -0.2) is 4.79 Å². The minimum absolute atomic E-state index is 0.0800. The van der Waals surface area contributed by atoms with E-state index in [1.807, 2.05) is 91.8 Å². The Labute approximate surface area is 309 Å². The number of benzene rings is 4. The van der Waals surface area contributed by atoms with Crippen molar-refractivity contribution >= 4 is 46.1 Å². The first kappa shape index (κ1) is 36.8. The number of alkyl carbamates (subject to hydrolysis) is 1. The number of aromatic nitrogens is 1. The molecule has 3 atom stereocenters. The van der Waals surface area contributed by atoms with E-state index in [0.717, 1.165) is 34.1 Å². The number of carbonyl (C=O) groups is 4. The third-order valence-electron chi connectivity index (χ3n) is 9.11. The number of hydrogen-bond donors (Lipinski definition) is 4. The van der Waals surface area contributed by atoms with E-state index < -0.39 is 35.7 Å². The Balaban J connectivity index is 1.12. The molecule has 0 aliphatic carbocycles. The maximum Gasteiger partial charge on any atom is 0.408 e. The third-order valence-corrected chi connectivity index (χ3v) is 9.11. The van der Waals surface area contributed by atoms with Crippen LogP contribution in [0.15, 0.2) is 109 Å². The Morgan fingerprint density at radius 2 is 1.45 bits per heavy atom. The van der Waals surface area contributed by atoms with Crippen LogP contribution in [-0.4, -0.2) is 70.9 Å². The summed E-state index contributed by atoms with van der Waals surface area (Å²) in [5, 5.41) is 9.56. The molecule has 274 valence electrons. The SMILES string of the molecule is CN(C)[C@@H](C(=O)N1CCC[C@H]1C(=O)Nc1ccc2[nH]c(-c3ccc(NC(=O)[C@@H](NC(=O)OC(C)(C)C)c4ccccc4)cc3)cc2c1)c1ccccc1. The van der Waals surface area contributed by atoms with Crippen molar-refractivity contribution in [3.05, 3.63) is 120 Å². The average molecular weight is 715 g/mol.